The SMILES string of the molecule is CC1CN2CCCCC2CN1CCCCC(=N)N. The van der Waals surface area contributed by atoms with E-state index in [4.69, 9.17) is 11.1 Å². The Bertz CT molecular complexity index is 279. The summed E-state index contributed by atoms with van der Waals surface area (Å²) >= 11 is 0. The van der Waals surface area contributed by atoms with Crippen molar-refractivity contribution < 1.29 is 0 Å². The third kappa shape index (κ3) is 3.69. The molecule has 2 aliphatic heterocycles. The second kappa shape index (κ2) is 6.53. The number of amidine groups is 1. The first-order chi connectivity index (χ1) is 8.66. The van der Waals surface area contributed by atoms with Crippen LogP contribution >= 0.6 is 0 Å². The third-order valence-electron chi connectivity index (χ3n) is 4.46. The smallest absolute Gasteiger partial charge is 0.0905 e. The predicted molar refractivity (Wildman–Crippen MR) is 76.0 cm³/mol. The minimum absolute atomic E-state index is 0.333. The van der Waals surface area contributed by atoms with Crippen LogP contribution in [0.3, 0.4) is 0 Å². The molecule has 0 aromatic carbocycles. The molecule has 0 amide bonds. The second-order valence-corrected chi connectivity index (χ2v) is 5.97. The number of hydrogen-bond acceptors (Lipinski definition) is 3. The molecule has 4 heteroatoms. The average molecular weight is 252 g/mol. The van der Waals surface area contributed by atoms with Crippen molar-refractivity contribution in [2.45, 2.75) is 57.5 Å². The molecule has 0 saturated carbocycles. The molecule has 0 aromatic rings. The van der Waals surface area contributed by atoms with Gasteiger partial charge in [0.2, 0.25) is 0 Å². The summed E-state index contributed by atoms with van der Waals surface area (Å²) in [6.07, 6.45) is 7.19. The van der Waals surface area contributed by atoms with Crippen molar-refractivity contribution in [1.29, 1.82) is 5.41 Å². The molecule has 2 rings (SSSR count). The minimum Gasteiger partial charge on any atom is -0.388 e. The summed E-state index contributed by atoms with van der Waals surface area (Å²) in [5.74, 6) is 0.333. The van der Waals surface area contributed by atoms with E-state index in [-0.39, 0.29) is 0 Å². The van der Waals surface area contributed by atoms with Crippen molar-refractivity contribution in [3.8, 4) is 0 Å². The molecule has 2 saturated heterocycles. The van der Waals surface area contributed by atoms with Crippen molar-refractivity contribution in [3.63, 3.8) is 0 Å². The number of nitrogens with one attached hydrogen (secondary N) is 1. The molecule has 3 N–H and O–H groups in total. The lowest BCUT2D eigenvalue weighted by Crippen LogP contribution is -2.58. The lowest BCUT2D eigenvalue weighted by atomic mass is 9.97. The van der Waals surface area contributed by atoms with E-state index in [2.05, 4.69) is 16.7 Å². The van der Waals surface area contributed by atoms with Crippen LogP contribution in [0, 0.1) is 5.41 Å². The van der Waals surface area contributed by atoms with Crippen molar-refractivity contribution in [3.05, 3.63) is 0 Å². The summed E-state index contributed by atoms with van der Waals surface area (Å²) in [4.78, 5) is 5.34. The van der Waals surface area contributed by atoms with Crippen molar-refractivity contribution >= 4 is 5.84 Å². The summed E-state index contributed by atoms with van der Waals surface area (Å²) in [5, 5.41) is 7.24. The van der Waals surface area contributed by atoms with Crippen LogP contribution in [0.1, 0.15) is 45.4 Å². The maximum Gasteiger partial charge on any atom is 0.0905 e. The fraction of sp³-hybridized carbons (Fsp3) is 0.929. The van der Waals surface area contributed by atoms with Gasteiger partial charge in [-0.25, -0.2) is 0 Å². The summed E-state index contributed by atoms with van der Waals surface area (Å²) in [5.41, 5.74) is 5.39. The Balaban J connectivity index is 1.73. The fourth-order valence-electron chi connectivity index (χ4n) is 3.35. The molecule has 0 spiro atoms. The molecule has 2 fully saturated rings. The molecular formula is C14H28N4. The van der Waals surface area contributed by atoms with Crippen molar-refractivity contribution in [2.75, 3.05) is 26.2 Å². The highest BCUT2D eigenvalue weighted by molar-refractivity contribution is 5.76. The highest BCUT2D eigenvalue weighted by Crippen LogP contribution is 2.24. The molecule has 2 unspecified atom stereocenters. The van der Waals surface area contributed by atoms with Crippen LogP contribution in [0.25, 0.3) is 0 Å². The Labute approximate surface area is 111 Å². The van der Waals surface area contributed by atoms with Gasteiger partial charge in [-0.2, -0.15) is 0 Å². The van der Waals surface area contributed by atoms with Crippen LogP contribution in [0.2, 0.25) is 0 Å². The van der Waals surface area contributed by atoms with Gasteiger partial charge in [0.05, 0.1) is 5.84 Å². The van der Waals surface area contributed by atoms with E-state index in [9.17, 15) is 0 Å². The maximum absolute atomic E-state index is 7.24. The Morgan fingerprint density at radius 1 is 1.28 bits per heavy atom. The molecule has 18 heavy (non-hydrogen) atoms. The van der Waals surface area contributed by atoms with E-state index >= 15 is 0 Å². The molecule has 0 bridgehead atoms. The molecular weight excluding hydrogens is 224 g/mol. The van der Waals surface area contributed by atoms with Crippen LogP contribution < -0.4 is 5.73 Å². The maximum atomic E-state index is 7.24. The van der Waals surface area contributed by atoms with Gasteiger partial charge in [0.15, 0.2) is 0 Å². The highest BCUT2D eigenvalue weighted by atomic mass is 15.3. The number of rotatable bonds is 5. The first-order valence-corrected chi connectivity index (χ1v) is 7.48. The Morgan fingerprint density at radius 2 is 2.11 bits per heavy atom. The van der Waals surface area contributed by atoms with Crippen molar-refractivity contribution in [2.24, 2.45) is 5.73 Å². The number of hydrogen-bond donors (Lipinski definition) is 2. The number of nitrogens with two attached hydrogens (primary N) is 1. The van der Waals surface area contributed by atoms with E-state index in [1.54, 1.807) is 0 Å². The molecule has 0 radical (unpaired) electrons. The quantitative estimate of drug-likeness (QED) is 0.444. The van der Waals surface area contributed by atoms with Gasteiger partial charge in [-0.1, -0.05) is 6.42 Å². The molecule has 2 aliphatic rings. The number of unbranched alkanes of at least 4 members (excludes halogenated alkanes) is 1. The predicted octanol–water partition coefficient (Wildman–Crippen LogP) is 1.65. The molecule has 0 aliphatic carbocycles. The van der Waals surface area contributed by atoms with Gasteiger partial charge in [-0.3, -0.25) is 15.2 Å². The van der Waals surface area contributed by atoms with Crippen LogP contribution in [0.15, 0.2) is 0 Å². The van der Waals surface area contributed by atoms with Crippen molar-refractivity contribution in [1.82, 2.24) is 9.80 Å². The van der Waals surface area contributed by atoms with Gasteiger partial charge in [0.1, 0.15) is 0 Å². The Morgan fingerprint density at radius 3 is 2.89 bits per heavy atom. The summed E-state index contributed by atoms with van der Waals surface area (Å²) in [6, 6.07) is 1.50. The number of piperazine rings is 1. The Hall–Kier alpha value is -0.610. The van der Waals surface area contributed by atoms with E-state index in [1.807, 2.05) is 0 Å². The van der Waals surface area contributed by atoms with Crippen LogP contribution in [-0.2, 0) is 0 Å². The van der Waals surface area contributed by atoms with Gasteiger partial charge in [-0.05, 0) is 45.7 Å². The highest BCUT2D eigenvalue weighted by Gasteiger charge is 2.32. The van der Waals surface area contributed by atoms with E-state index < -0.39 is 0 Å². The number of fused-ring (bicyclic) bond motifs is 1. The average Bonchev–Trinajstić information content (AvgIpc) is 2.34. The number of piperidine rings is 1. The standard InChI is InChI=1S/C14H28N4/c1-12-10-18-9-4-2-6-13(18)11-17(12)8-5-3-7-14(15)16/h12-13H,2-11H2,1H3,(H3,15,16). The summed E-state index contributed by atoms with van der Waals surface area (Å²) in [7, 11) is 0. The largest absolute Gasteiger partial charge is 0.388 e. The van der Waals surface area contributed by atoms with Gasteiger partial charge in [0, 0.05) is 31.6 Å². The zero-order chi connectivity index (χ0) is 13.0. The number of nitrogens with zero attached hydrogens (tertiary/aromatic N) is 2. The monoisotopic (exact) mass is 252 g/mol. The first kappa shape index (κ1) is 13.8. The molecule has 2 atom stereocenters. The van der Waals surface area contributed by atoms with E-state index in [0.717, 1.165) is 18.9 Å². The van der Waals surface area contributed by atoms with Gasteiger partial charge < -0.3 is 5.73 Å². The van der Waals surface area contributed by atoms with Crippen LogP contribution in [0.4, 0.5) is 0 Å². The summed E-state index contributed by atoms with van der Waals surface area (Å²) in [6.45, 7) is 7.35. The van der Waals surface area contributed by atoms with E-state index in [1.165, 1.54) is 51.9 Å². The normalized spacial score (nSPS) is 30.1. The lowest BCUT2D eigenvalue weighted by Gasteiger charge is -2.47. The van der Waals surface area contributed by atoms with Gasteiger partial charge >= 0.3 is 0 Å². The topological polar surface area (TPSA) is 56.4 Å². The fourth-order valence-corrected chi connectivity index (χ4v) is 3.35. The molecule has 104 valence electrons. The molecule has 4 nitrogen and oxygen atoms in total. The van der Waals surface area contributed by atoms with Crippen LogP contribution in [0.5, 0.6) is 0 Å². The van der Waals surface area contributed by atoms with E-state index in [0.29, 0.717) is 11.9 Å². The molecule has 2 heterocycles. The minimum atomic E-state index is 0.333. The van der Waals surface area contributed by atoms with Gasteiger partial charge in [-0.15, -0.1) is 0 Å². The second-order valence-electron chi connectivity index (χ2n) is 5.97. The third-order valence-corrected chi connectivity index (χ3v) is 4.46. The zero-order valence-electron chi connectivity index (χ0n) is 11.7. The summed E-state index contributed by atoms with van der Waals surface area (Å²) < 4.78 is 0. The van der Waals surface area contributed by atoms with Gasteiger partial charge in [0.25, 0.3) is 0 Å². The first-order valence-electron chi connectivity index (χ1n) is 7.48. The van der Waals surface area contributed by atoms with Crippen LogP contribution in [-0.4, -0.2) is 53.9 Å². The molecule has 0 aromatic heterocycles. The Kier molecular flexibility index (Phi) is 5.01. The lowest BCUT2D eigenvalue weighted by molar-refractivity contribution is 0.0147. The zero-order valence-corrected chi connectivity index (χ0v) is 11.7.